The van der Waals surface area contributed by atoms with Crippen LogP contribution in [0, 0.1) is 5.82 Å². The summed E-state index contributed by atoms with van der Waals surface area (Å²) in [7, 11) is 0. The first-order valence-electron chi connectivity index (χ1n) is 6.35. The Balaban J connectivity index is 1.73. The van der Waals surface area contributed by atoms with Gasteiger partial charge >= 0.3 is 0 Å². The quantitative estimate of drug-likeness (QED) is 0.801. The van der Waals surface area contributed by atoms with Gasteiger partial charge < -0.3 is 5.11 Å². The number of amides is 1. The van der Waals surface area contributed by atoms with Crippen molar-refractivity contribution in [2.75, 3.05) is 5.32 Å². The molecule has 6 nitrogen and oxygen atoms in total. The molecule has 104 valence electrons. The summed E-state index contributed by atoms with van der Waals surface area (Å²) in [6, 6.07) is 3.34. The van der Waals surface area contributed by atoms with Gasteiger partial charge in [-0.2, -0.15) is 4.98 Å². The number of aromatic hydroxyl groups is 1. The predicted molar refractivity (Wildman–Crippen MR) is 69.0 cm³/mol. The minimum Gasteiger partial charge on any atom is -0.508 e. The number of nitrogens with zero attached hydrogens (tertiary/aromatic N) is 2. The zero-order valence-corrected chi connectivity index (χ0v) is 10.6. The van der Waals surface area contributed by atoms with Gasteiger partial charge in [0, 0.05) is 12.0 Å². The maximum Gasteiger partial charge on any atom is 0.261 e. The van der Waals surface area contributed by atoms with Crippen LogP contribution in [-0.2, 0) is 0 Å². The van der Waals surface area contributed by atoms with Gasteiger partial charge in [0.05, 0.1) is 5.56 Å². The minimum absolute atomic E-state index is 0.129. The number of benzene rings is 1. The number of phenols is 1. The molecular weight excluding hydrogens is 263 g/mol. The van der Waals surface area contributed by atoms with Crippen molar-refractivity contribution in [2.45, 2.75) is 25.2 Å². The first-order chi connectivity index (χ1) is 9.63. The van der Waals surface area contributed by atoms with E-state index in [1.807, 2.05) is 0 Å². The third kappa shape index (κ3) is 2.34. The minimum atomic E-state index is -0.794. The van der Waals surface area contributed by atoms with Crippen LogP contribution in [0.3, 0.4) is 0 Å². The van der Waals surface area contributed by atoms with Crippen LogP contribution in [-0.4, -0.2) is 26.2 Å². The summed E-state index contributed by atoms with van der Waals surface area (Å²) in [5, 5.41) is 18.2. The fourth-order valence-corrected chi connectivity index (χ4v) is 2.05. The Morgan fingerprint density at radius 2 is 2.25 bits per heavy atom. The van der Waals surface area contributed by atoms with Crippen molar-refractivity contribution in [1.82, 2.24) is 15.2 Å². The fraction of sp³-hybridized carbons (Fsp3) is 0.308. The van der Waals surface area contributed by atoms with Gasteiger partial charge in [0.2, 0.25) is 5.95 Å². The maximum atomic E-state index is 13.5. The molecule has 0 radical (unpaired) electrons. The molecule has 3 rings (SSSR count). The molecule has 0 atom stereocenters. The molecule has 1 saturated carbocycles. The monoisotopic (exact) mass is 276 g/mol. The smallest absolute Gasteiger partial charge is 0.261 e. The van der Waals surface area contributed by atoms with E-state index in [0.717, 1.165) is 24.7 Å². The van der Waals surface area contributed by atoms with Crippen molar-refractivity contribution >= 4 is 11.9 Å². The van der Waals surface area contributed by atoms with Gasteiger partial charge in [-0.3, -0.25) is 15.2 Å². The number of carbonyl (C=O) groups excluding carboxylic acids is 1. The molecule has 1 aromatic heterocycles. The highest BCUT2D eigenvalue weighted by molar-refractivity contribution is 6.03. The van der Waals surface area contributed by atoms with E-state index >= 15 is 0 Å². The molecule has 0 saturated heterocycles. The molecule has 0 aliphatic heterocycles. The van der Waals surface area contributed by atoms with E-state index < -0.39 is 11.7 Å². The number of hydrogen-bond acceptors (Lipinski definition) is 4. The van der Waals surface area contributed by atoms with E-state index in [-0.39, 0.29) is 17.3 Å². The van der Waals surface area contributed by atoms with Gasteiger partial charge in [-0.1, -0.05) is 6.42 Å². The lowest BCUT2D eigenvalue weighted by atomic mass is 9.85. The molecule has 0 spiro atoms. The van der Waals surface area contributed by atoms with Crippen molar-refractivity contribution in [3.05, 3.63) is 35.4 Å². The van der Waals surface area contributed by atoms with E-state index in [1.165, 1.54) is 18.6 Å². The average molecular weight is 276 g/mol. The number of nitrogens with one attached hydrogen (secondary N) is 2. The molecule has 1 amide bonds. The van der Waals surface area contributed by atoms with E-state index in [2.05, 4.69) is 20.5 Å². The number of H-pyrrole nitrogens is 1. The zero-order valence-electron chi connectivity index (χ0n) is 10.6. The Hall–Kier alpha value is -2.44. The lowest BCUT2D eigenvalue weighted by Gasteiger charge is -2.22. The summed E-state index contributed by atoms with van der Waals surface area (Å²) < 4.78 is 13.5. The van der Waals surface area contributed by atoms with Gasteiger partial charge in [-0.15, -0.1) is 5.10 Å². The molecule has 0 bridgehead atoms. The van der Waals surface area contributed by atoms with Crippen LogP contribution in [0.2, 0.25) is 0 Å². The number of rotatable bonds is 3. The van der Waals surface area contributed by atoms with Gasteiger partial charge in [0.25, 0.3) is 5.91 Å². The number of halogens is 1. The highest BCUT2D eigenvalue weighted by atomic mass is 19.1. The molecular formula is C13H13FN4O2. The summed E-state index contributed by atoms with van der Waals surface area (Å²) in [6.45, 7) is 0. The van der Waals surface area contributed by atoms with Crippen molar-refractivity contribution in [3.63, 3.8) is 0 Å². The lowest BCUT2D eigenvalue weighted by Crippen LogP contribution is -2.15. The third-order valence-electron chi connectivity index (χ3n) is 3.42. The highest BCUT2D eigenvalue weighted by Gasteiger charge is 2.23. The largest absolute Gasteiger partial charge is 0.508 e. The van der Waals surface area contributed by atoms with E-state index in [1.54, 1.807) is 0 Å². The Morgan fingerprint density at radius 3 is 2.90 bits per heavy atom. The number of aromatic amines is 1. The molecule has 1 fully saturated rings. The maximum absolute atomic E-state index is 13.5. The molecule has 3 N–H and O–H groups in total. The number of aromatic nitrogens is 3. The van der Waals surface area contributed by atoms with Gasteiger partial charge in [-0.05, 0) is 25.0 Å². The van der Waals surface area contributed by atoms with Crippen molar-refractivity contribution in [3.8, 4) is 5.75 Å². The van der Waals surface area contributed by atoms with Crippen LogP contribution in [0.15, 0.2) is 18.2 Å². The number of anilines is 1. The first kappa shape index (κ1) is 12.6. The predicted octanol–water partition coefficient (Wildman–Crippen LogP) is 2.17. The summed E-state index contributed by atoms with van der Waals surface area (Å²) in [5.41, 5.74) is -0.169. The second-order valence-electron chi connectivity index (χ2n) is 4.79. The van der Waals surface area contributed by atoms with E-state index in [9.17, 15) is 9.18 Å². The normalized spacial score (nSPS) is 14.8. The van der Waals surface area contributed by atoms with Gasteiger partial charge in [0.1, 0.15) is 17.4 Å². The molecule has 2 aromatic rings. The Labute approximate surface area is 114 Å². The Bertz CT molecular complexity index is 652. The van der Waals surface area contributed by atoms with Crippen LogP contribution >= 0.6 is 0 Å². The second kappa shape index (κ2) is 4.92. The Morgan fingerprint density at radius 1 is 1.45 bits per heavy atom. The van der Waals surface area contributed by atoms with Crippen LogP contribution in [0.5, 0.6) is 5.75 Å². The molecule has 7 heteroatoms. The number of phenolic OH excluding ortho intramolecular Hbond substituents is 1. The molecule has 1 aliphatic rings. The molecule has 1 heterocycles. The summed E-state index contributed by atoms with van der Waals surface area (Å²) in [5.74, 6) is -0.427. The molecule has 0 unspecified atom stereocenters. The summed E-state index contributed by atoms with van der Waals surface area (Å²) in [6.07, 6.45) is 3.30. The number of carbonyl (C=O) groups is 1. The average Bonchev–Trinajstić information content (AvgIpc) is 2.74. The van der Waals surface area contributed by atoms with E-state index in [0.29, 0.717) is 5.92 Å². The SMILES string of the molecule is O=C(Nc1n[nH]c(C2CCC2)n1)c1ccc(O)cc1F. The molecule has 1 aromatic carbocycles. The number of hydrogen-bond donors (Lipinski definition) is 3. The van der Waals surface area contributed by atoms with Crippen molar-refractivity contribution in [2.24, 2.45) is 0 Å². The molecule has 20 heavy (non-hydrogen) atoms. The van der Waals surface area contributed by atoms with Crippen LogP contribution in [0.25, 0.3) is 0 Å². The lowest BCUT2D eigenvalue weighted by molar-refractivity contribution is 0.102. The van der Waals surface area contributed by atoms with Gasteiger partial charge in [0.15, 0.2) is 0 Å². The standard InChI is InChI=1S/C13H13FN4O2/c14-10-6-8(19)4-5-9(10)12(20)16-13-15-11(17-18-13)7-2-1-3-7/h4-7,19H,1-3H2,(H2,15,16,17,18,20). The van der Waals surface area contributed by atoms with Crippen molar-refractivity contribution < 1.29 is 14.3 Å². The fourth-order valence-electron chi connectivity index (χ4n) is 2.05. The van der Waals surface area contributed by atoms with Crippen LogP contribution < -0.4 is 5.32 Å². The second-order valence-corrected chi connectivity index (χ2v) is 4.79. The highest BCUT2D eigenvalue weighted by Crippen LogP contribution is 2.34. The first-order valence-corrected chi connectivity index (χ1v) is 6.35. The van der Waals surface area contributed by atoms with Crippen LogP contribution in [0.4, 0.5) is 10.3 Å². The van der Waals surface area contributed by atoms with E-state index in [4.69, 9.17) is 5.11 Å². The Kier molecular flexibility index (Phi) is 3.09. The zero-order chi connectivity index (χ0) is 14.1. The van der Waals surface area contributed by atoms with Crippen LogP contribution in [0.1, 0.15) is 41.4 Å². The third-order valence-corrected chi connectivity index (χ3v) is 3.42. The van der Waals surface area contributed by atoms with Crippen molar-refractivity contribution in [1.29, 1.82) is 0 Å². The topological polar surface area (TPSA) is 90.9 Å². The molecule has 1 aliphatic carbocycles. The summed E-state index contributed by atoms with van der Waals surface area (Å²) >= 11 is 0. The summed E-state index contributed by atoms with van der Waals surface area (Å²) in [4.78, 5) is 16.1. The van der Waals surface area contributed by atoms with Gasteiger partial charge in [-0.25, -0.2) is 4.39 Å².